The summed E-state index contributed by atoms with van der Waals surface area (Å²) in [6, 6.07) is 10.1. The van der Waals surface area contributed by atoms with Crippen molar-refractivity contribution in [3.63, 3.8) is 0 Å². The van der Waals surface area contributed by atoms with Crippen molar-refractivity contribution in [3.05, 3.63) is 81.6 Å². The van der Waals surface area contributed by atoms with Crippen molar-refractivity contribution in [1.82, 2.24) is 10.2 Å². The molecule has 5 rings (SSSR count). The third-order valence-corrected chi connectivity index (χ3v) is 8.69. The number of hydrogen-bond donors (Lipinski definition) is 7. The Morgan fingerprint density at radius 1 is 1.05 bits per heavy atom. The van der Waals surface area contributed by atoms with E-state index in [0.717, 1.165) is 0 Å². The first-order valence-corrected chi connectivity index (χ1v) is 13.3. The van der Waals surface area contributed by atoms with Crippen LogP contribution in [-0.4, -0.2) is 85.7 Å². The molecule has 0 saturated heterocycles. The molecule has 0 aliphatic heterocycles. The summed E-state index contributed by atoms with van der Waals surface area (Å²) in [6.45, 7) is 1.51. The molecule has 42 heavy (non-hydrogen) atoms. The molecule has 1 saturated carbocycles. The van der Waals surface area contributed by atoms with Gasteiger partial charge < -0.3 is 36.6 Å². The van der Waals surface area contributed by atoms with E-state index in [1.165, 1.54) is 19.0 Å². The first kappa shape index (κ1) is 29.0. The quantitative estimate of drug-likeness (QED) is 0.244. The largest absolute Gasteiger partial charge is 0.508 e. The van der Waals surface area contributed by atoms with Crippen molar-refractivity contribution in [2.45, 2.75) is 37.1 Å². The van der Waals surface area contributed by atoms with Gasteiger partial charge in [0.15, 0.2) is 11.4 Å². The van der Waals surface area contributed by atoms with E-state index in [1.54, 1.807) is 49.4 Å². The number of phenols is 1. The Hall–Kier alpha value is -4.52. The van der Waals surface area contributed by atoms with Gasteiger partial charge in [-0.15, -0.1) is 0 Å². The summed E-state index contributed by atoms with van der Waals surface area (Å²) in [6.07, 6.45) is -1.67. The third kappa shape index (κ3) is 3.94. The number of Topliss-reactive ketones (excluding diaryl/α,β-unsaturated/α-hetero) is 2. The van der Waals surface area contributed by atoms with Gasteiger partial charge in [-0.1, -0.05) is 37.3 Å². The molecule has 1 fully saturated rings. The fourth-order valence-electron chi connectivity index (χ4n) is 6.67. The minimum Gasteiger partial charge on any atom is -0.508 e. The number of nitrogens with zero attached hydrogens (tertiary/aromatic N) is 1. The lowest BCUT2D eigenvalue weighted by Crippen LogP contribution is -2.70. The zero-order valence-corrected chi connectivity index (χ0v) is 23.0. The van der Waals surface area contributed by atoms with Crippen LogP contribution in [0, 0.1) is 11.8 Å². The first-order chi connectivity index (χ1) is 19.7. The van der Waals surface area contributed by atoms with E-state index in [0.29, 0.717) is 11.1 Å². The van der Waals surface area contributed by atoms with E-state index in [2.05, 4.69) is 5.32 Å². The molecule has 8 N–H and O–H groups in total. The van der Waals surface area contributed by atoms with Gasteiger partial charge in [-0.2, -0.15) is 0 Å². The maximum atomic E-state index is 14.1. The van der Waals surface area contributed by atoms with E-state index in [-0.39, 0.29) is 17.7 Å². The smallest absolute Gasteiger partial charge is 0.255 e. The number of likely N-dealkylation sites (N-methyl/N-ethyl adjacent to an activating group) is 1. The van der Waals surface area contributed by atoms with Gasteiger partial charge in [-0.05, 0) is 37.7 Å². The molecule has 0 heterocycles. The lowest BCUT2D eigenvalue weighted by atomic mass is 9.54. The molecule has 2 unspecified atom stereocenters. The number of nitrogens with one attached hydrogen (secondary N) is 1. The van der Waals surface area contributed by atoms with E-state index < -0.39 is 87.3 Å². The van der Waals surface area contributed by atoms with Crippen LogP contribution in [0.3, 0.4) is 0 Å². The van der Waals surface area contributed by atoms with E-state index >= 15 is 0 Å². The topological polar surface area (TPSA) is 211 Å². The Morgan fingerprint density at radius 2 is 1.69 bits per heavy atom. The number of rotatable bonds is 5. The molecule has 2 aromatic carbocycles. The second-order valence-corrected chi connectivity index (χ2v) is 11.1. The second kappa shape index (κ2) is 10.1. The van der Waals surface area contributed by atoms with Crippen LogP contribution >= 0.6 is 0 Å². The van der Waals surface area contributed by atoms with Crippen LogP contribution in [0.4, 0.5) is 0 Å². The maximum Gasteiger partial charge on any atom is 0.255 e. The van der Waals surface area contributed by atoms with Crippen molar-refractivity contribution in [2.24, 2.45) is 17.6 Å². The average molecular weight is 578 g/mol. The number of nitrogens with two attached hydrogens (primary N) is 1. The highest BCUT2D eigenvalue weighted by atomic mass is 16.4. The summed E-state index contributed by atoms with van der Waals surface area (Å²) >= 11 is 0. The van der Waals surface area contributed by atoms with Crippen molar-refractivity contribution < 1.29 is 44.7 Å². The number of ketones is 2. The number of fused-ring (bicyclic) bond motifs is 3. The van der Waals surface area contributed by atoms with Gasteiger partial charge in [0.05, 0.1) is 23.6 Å². The van der Waals surface area contributed by atoms with Gasteiger partial charge in [0.2, 0.25) is 5.78 Å². The van der Waals surface area contributed by atoms with Gasteiger partial charge in [-0.3, -0.25) is 24.1 Å². The van der Waals surface area contributed by atoms with E-state index in [4.69, 9.17) is 5.73 Å². The molecular weight excluding hydrogens is 546 g/mol. The monoisotopic (exact) mass is 577 g/mol. The highest BCUT2D eigenvalue weighted by Crippen LogP contribution is 2.56. The van der Waals surface area contributed by atoms with E-state index in [9.17, 15) is 44.7 Å². The first-order valence-electron chi connectivity index (χ1n) is 13.3. The summed E-state index contributed by atoms with van der Waals surface area (Å²) in [7, 11) is 2.89. The molecule has 6 atom stereocenters. The Bertz CT molecular complexity index is 1600. The van der Waals surface area contributed by atoms with Gasteiger partial charge in [0.1, 0.15) is 22.8 Å². The lowest BCUT2D eigenvalue weighted by molar-refractivity contribution is -0.169. The zero-order chi connectivity index (χ0) is 30.8. The summed E-state index contributed by atoms with van der Waals surface area (Å²) in [4.78, 5) is 53.3. The predicted octanol–water partition coefficient (Wildman–Crippen LogP) is 0.426. The number of amides is 2. The van der Waals surface area contributed by atoms with Crippen LogP contribution in [0.25, 0.3) is 5.76 Å². The Labute approximate surface area is 240 Å². The van der Waals surface area contributed by atoms with Gasteiger partial charge in [0.25, 0.3) is 11.8 Å². The molecule has 2 amide bonds. The Morgan fingerprint density at radius 3 is 2.29 bits per heavy atom. The van der Waals surface area contributed by atoms with Crippen molar-refractivity contribution in [3.8, 4) is 5.75 Å². The Balaban J connectivity index is 1.63. The molecule has 0 spiro atoms. The molecule has 220 valence electrons. The number of aliphatic hydroxyl groups excluding tert-OH is 3. The van der Waals surface area contributed by atoms with Crippen LogP contribution in [0.15, 0.2) is 59.4 Å². The number of carbonyl (C=O) groups is 4. The number of primary amides is 1. The van der Waals surface area contributed by atoms with Crippen molar-refractivity contribution >= 4 is 29.1 Å². The minimum atomic E-state index is -2.99. The molecule has 0 aromatic heterocycles. The van der Waals surface area contributed by atoms with Crippen LogP contribution in [0.2, 0.25) is 0 Å². The zero-order valence-electron chi connectivity index (χ0n) is 23.0. The fourth-order valence-corrected chi connectivity index (χ4v) is 6.67. The lowest BCUT2D eigenvalue weighted by Gasteiger charge is -2.53. The minimum absolute atomic E-state index is 0.131. The van der Waals surface area contributed by atoms with Crippen LogP contribution in [-0.2, 0) is 20.9 Å². The number of carbonyl (C=O) groups excluding carboxylic acids is 4. The van der Waals surface area contributed by atoms with Crippen molar-refractivity contribution in [2.75, 3.05) is 14.1 Å². The fraction of sp³-hybridized carbons (Fsp3) is 0.333. The van der Waals surface area contributed by atoms with Crippen LogP contribution < -0.4 is 11.1 Å². The van der Waals surface area contributed by atoms with Gasteiger partial charge in [0, 0.05) is 29.2 Å². The molecular formula is C30H31N3O9. The standard InChI is InChI=1S/C30H31N3O9/c1-12-15-10-9-14(11-32-29(41)13-7-5-4-6-8-13)22(34)17(15)23(35)18-16(12)24(36)20-21(33(2)3)25(37)19(28(31)40)27(39)30(20,42)26(18)38/h4-10,12,16,20-21,24,34-36,39,42H,11H2,1-3H3,(H2,31,40)(H,32,41)/t12-,16?,20?,21-,24-,30-/m0/s1. The molecule has 3 aliphatic rings. The van der Waals surface area contributed by atoms with Gasteiger partial charge in [-0.25, -0.2) is 0 Å². The molecule has 0 radical (unpaired) electrons. The van der Waals surface area contributed by atoms with Crippen LogP contribution in [0.1, 0.15) is 39.9 Å². The summed E-state index contributed by atoms with van der Waals surface area (Å²) in [5.41, 5.74) is 1.73. The normalized spacial score (nSPS) is 28.8. The van der Waals surface area contributed by atoms with Crippen LogP contribution in [0.5, 0.6) is 5.75 Å². The third-order valence-electron chi connectivity index (χ3n) is 8.69. The van der Waals surface area contributed by atoms with E-state index in [1.807, 2.05) is 0 Å². The summed E-state index contributed by atoms with van der Waals surface area (Å²) in [5.74, 6) is -9.97. The molecule has 3 aliphatic carbocycles. The van der Waals surface area contributed by atoms with Gasteiger partial charge >= 0.3 is 0 Å². The average Bonchev–Trinajstić information content (AvgIpc) is 2.94. The molecule has 2 aromatic rings. The SMILES string of the molecule is C[C@H]1c2ccc(CNC(=O)c3ccccc3)c(O)c2C(O)=C2C(=O)[C@]3(O)C(O)=C(C(N)=O)C(=O)[C@@H](N(C)C)C3[C@@H](O)C21. The molecule has 0 bridgehead atoms. The number of hydrogen-bond acceptors (Lipinski definition) is 10. The number of benzene rings is 2. The highest BCUT2D eigenvalue weighted by Gasteiger charge is 2.68. The summed E-state index contributed by atoms with van der Waals surface area (Å²) < 4.78 is 0. The van der Waals surface area contributed by atoms with Crippen molar-refractivity contribution in [1.29, 1.82) is 0 Å². The predicted molar refractivity (Wildman–Crippen MR) is 148 cm³/mol. The number of aromatic hydroxyl groups is 1. The Kier molecular flexibility index (Phi) is 6.96. The number of phenolic OH excluding ortho intramolecular Hbond substituents is 1. The second-order valence-electron chi connectivity index (χ2n) is 11.1. The summed E-state index contributed by atoms with van der Waals surface area (Å²) in [5, 5.41) is 59.7. The highest BCUT2D eigenvalue weighted by molar-refractivity contribution is 6.24. The molecule has 12 heteroatoms. The number of aliphatic hydroxyl groups is 4. The molecule has 12 nitrogen and oxygen atoms in total. The maximum absolute atomic E-state index is 14.1.